The van der Waals surface area contributed by atoms with Gasteiger partial charge in [0.15, 0.2) is 5.82 Å². The van der Waals surface area contributed by atoms with Crippen molar-refractivity contribution in [2.24, 2.45) is 5.16 Å². The summed E-state index contributed by atoms with van der Waals surface area (Å²) in [5, 5.41) is 21.0. The number of nitrogens with zero attached hydrogens (tertiary/aromatic N) is 4. The Balaban J connectivity index is 2.00. The van der Waals surface area contributed by atoms with Crippen molar-refractivity contribution in [3.8, 4) is 11.7 Å². The van der Waals surface area contributed by atoms with Crippen molar-refractivity contribution in [1.82, 2.24) is 20.1 Å². The van der Waals surface area contributed by atoms with Crippen LogP contribution in [0.2, 0.25) is 15.1 Å². The van der Waals surface area contributed by atoms with Crippen molar-refractivity contribution < 1.29 is 19.5 Å². The second kappa shape index (κ2) is 10.3. The molecule has 32 heavy (non-hydrogen) atoms. The number of carbonyl (C=O) groups is 2. The fourth-order valence-electron chi connectivity index (χ4n) is 2.65. The molecule has 0 aliphatic heterocycles. The molecule has 0 radical (unpaired) electrons. The van der Waals surface area contributed by atoms with Crippen LogP contribution in [0.3, 0.4) is 0 Å². The zero-order chi connectivity index (χ0) is 23.3. The van der Waals surface area contributed by atoms with Crippen LogP contribution in [-0.4, -0.2) is 51.7 Å². The average Bonchev–Trinajstić information content (AvgIpc) is 3.20. The third-order valence-electron chi connectivity index (χ3n) is 4.04. The molecule has 3 aromatic rings. The first-order valence-corrected chi connectivity index (χ1v) is 9.98. The molecular formula is C19H15Cl3N6O4. The number of anilines is 1. The summed E-state index contributed by atoms with van der Waals surface area (Å²) >= 11 is 18.5. The molecule has 3 rings (SSSR count). The van der Waals surface area contributed by atoms with Gasteiger partial charge in [0, 0.05) is 17.3 Å². The van der Waals surface area contributed by atoms with E-state index >= 15 is 0 Å². The van der Waals surface area contributed by atoms with Gasteiger partial charge >= 0.3 is 0 Å². The van der Waals surface area contributed by atoms with Crippen LogP contribution in [0.25, 0.3) is 5.82 Å². The Bertz CT molecular complexity index is 1200. The molecule has 0 saturated heterocycles. The fourth-order valence-corrected chi connectivity index (χ4v) is 3.39. The van der Waals surface area contributed by atoms with E-state index in [1.807, 2.05) is 0 Å². The van der Waals surface area contributed by atoms with Crippen LogP contribution in [0.1, 0.15) is 20.8 Å². The Kier molecular flexibility index (Phi) is 7.52. The van der Waals surface area contributed by atoms with Crippen LogP contribution in [0, 0.1) is 0 Å². The van der Waals surface area contributed by atoms with E-state index in [1.165, 1.54) is 36.2 Å². The Morgan fingerprint density at radius 3 is 2.69 bits per heavy atom. The summed E-state index contributed by atoms with van der Waals surface area (Å²) in [5.74, 6) is -0.937. The van der Waals surface area contributed by atoms with Crippen molar-refractivity contribution in [2.75, 3.05) is 19.0 Å². The third-order valence-corrected chi connectivity index (χ3v) is 4.85. The molecule has 0 fully saturated rings. The van der Waals surface area contributed by atoms with Gasteiger partial charge in [0.25, 0.3) is 11.8 Å². The SMILES string of the molecule is COc1cc(C(=O)Nc2c(Cl)cc(Cl)cc2C(=O)NC/C=N/O)n(-c2ncccc2Cl)n1. The molecule has 0 unspecified atom stereocenters. The Labute approximate surface area is 196 Å². The minimum Gasteiger partial charge on any atom is -0.480 e. The molecule has 0 aliphatic rings. The summed E-state index contributed by atoms with van der Waals surface area (Å²) in [4.78, 5) is 29.9. The van der Waals surface area contributed by atoms with Crippen molar-refractivity contribution >= 4 is 58.5 Å². The second-order valence-corrected chi connectivity index (χ2v) is 7.32. The molecule has 0 spiro atoms. The van der Waals surface area contributed by atoms with Gasteiger partial charge in [-0.15, -0.1) is 10.3 Å². The van der Waals surface area contributed by atoms with Crippen molar-refractivity contribution in [2.45, 2.75) is 0 Å². The van der Waals surface area contributed by atoms with Crippen LogP contribution < -0.4 is 15.4 Å². The number of aromatic nitrogens is 3. The van der Waals surface area contributed by atoms with Gasteiger partial charge in [0.05, 0.1) is 41.2 Å². The van der Waals surface area contributed by atoms with Gasteiger partial charge in [0.1, 0.15) is 5.69 Å². The molecule has 10 nitrogen and oxygen atoms in total. The number of halogens is 3. The van der Waals surface area contributed by atoms with Crippen molar-refractivity contribution in [3.05, 3.63) is 62.9 Å². The zero-order valence-electron chi connectivity index (χ0n) is 16.3. The van der Waals surface area contributed by atoms with E-state index in [-0.39, 0.29) is 50.3 Å². The minimum atomic E-state index is -0.669. The van der Waals surface area contributed by atoms with Gasteiger partial charge in [-0.3, -0.25) is 9.59 Å². The number of pyridine rings is 1. The number of oxime groups is 1. The summed E-state index contributed by atoms with van der Waals surface area (Å²) in [6.45, 7) is -0.0605. The molecule has 2 aromatic heterocycles. The molecule has 3 N–H and O–H groups in total. The lowest BCUT2D eigenvalue weighted by molar-refractivity contribution is 0.0960. The average molecular weight is 498 g/mol. The highest BCUT2D eigenvalue weighted by Gasteiger charge is 2.23. The van der Waals surface area contributed by atoms with Gasteiger partial charge in [0.2, 0.25) is 5.88 Å². The normalized spacial score (nSPS) is 10.9. The summed E-state index contributed by atoms with van der Waals surface area (Å²) < 4.78 is 6.34. The highest BCUT2D eigenvalue weighted by molar-refractivity contribution is 6.38. The van der Waals surface area contributed by atoms with Gasteiger partial charge in [-0.05, 0) is 24.3 Å². The summed E-state index contributed by atoms with van der Waals surface area (Å²) in [6.07, 6.45) is 2.56. The molecule has 0 aliphatic carbocycles. The second-order valence-electron chi connectivity index (χ2n) is 6.06. The lowest BCUT2D eigenvalue weighted by Crippen LogP contribution is -2.27. The summed E-state index contributed by atoms with van der Waals surface area (Å²) in [5.41, 5.74) is 0.0293. The molecule has 2 amide bonds. The Morgan fingerprint density at radius 2 is 2.00 bits per heavy atom. The molecule has 2 heterocycles. The predicted octanol–water partition coefficient (Wildman–Crippen LogP) is 3.68. The number of nitrogens with one attached hydrogen (secondary N) is 2. The first kappa shape index (κ1) is 23.3. The highest BCUT2D eigenvalue weighted by Crippen LogP contribution is 2.31. The van der Waals surface area contributed by atoms with Gasteiger partial charge in [-0.25, -0.2) is 9.67 Å². The number of rotatable bonds is 7. The first-order valence-electron chi connectivity index (χ1n) is 8.85. The standard InChI is InChI=1S/C19H15Cl3N6O4/c1-32-15-9-14(28(27-15)17-12(21)3-2-4-23-17)19(30)26-16-11(7-10(20)8-13(16)22)18(29)24-5-6-25-31/h2-4,6-9,31H,5H2,1H3,(H,24,29)(H,26,30)/b25-6+. The largest absolute Gasteiger partial charge is 0.480 e. The molecule has 13 heteroatoms. The van der Waals surface area contributed by atoms with Crippen LogP contribution in [0.5, 0.6) is 5.88 Å². The predicted molar refractivity (Wildman–Crippen MR) is 120 cm³/mol. The van der Waals surface area contributed by atoms with Crippen LogP contribution in [-0.2, 0) is 0 Å². The maximum atomic E-state index is 13.1. The van der Waals surface area contributed by atoms with E-state index in [1.54, 1.807) is 12.1 Å². The molecular weight excluding hydrogens is 483 g/mol. The lowest BCUT2D eigenvalue weighted by atomic mass is 10.1. The van der Waals surface area contributed by atoms with E-state index in [9.17, 15) is 9.59 Å². The Hall–Kier alpha value is -3.34. The molecule has 0 saturated carbocycles. The molecule has 0 bridgehead atoms. The van der Waals surface area contributed by atoms with Crippen LogP contribution in [0.4, 0.5) is 5.69 Å². The van der Waals surface area contributed by atoms with Crippen molar-refractivity contribution in [1.29, 1.82) is 0 Å². The van der Waals surface area contributed by atoms with Crippen molar-refractivity contribution in [3.63, 3.8) is 0 Å². The topological polar surface area (TPSA) is 131 Å². The van der Waals surface area contributed by atoms with E-state index in [4.69, 9.17) is 44.7 Å². The van der Waals surface area contributed by atoms with E-state index in [0.29, 0.717) is 0 Å². The van der Waals surface area contributed by atoms with E-state index in [2.05, 4.69) is 25.9 Å². The number of benzene rings is 1. The number of amides is 2. The quantitative estimate of drug-likeness (QED) is 0.259. The minimum absolute atomic E-state index is 0.00362. The van der Waals surface area contributed by atoms with Gasteiger partial charge < -0.3 is 20.6 Å². The number of carbonyl (C=O) groups excluding carboxylic acids is 2. The number of ether oxygens (including phenoxy) is 1. The molecule has 1 aromatic carbocycles. The van der Waals surface area contributed by atoms with E-state index in [0.717, 1.165) is 6.21 Å². The maximum Gasteiger partial charge on any atom is 0.274 e. The first-order chi connectivity index (χ1) is 15.3. The smallest absolute Gasteiger partial charge is 0.274 e. The highest BCUT2D eigenvalue weighted by atomic mass is 35.5. The number of hydrogen-bond acceptors (Lipinski definition) is 7. The third kappa shape index (κ3) is 5.10. The lowest BCUT2D eigenvalue weighted by Gasteiger charge is -2.14. The number of methoxy groups -OCH3 is 1. The fraction of sp³-hybridized carbons (Fsp3) is 0.105. The van der Waals surface area contributed by atoms with Crippen LogP contribution >= 0.6 is 34.8 Å². The maximum absolute atomic E-state index is 13.1. The summed E-state index contributed by atoms with van der Waals surface area (Å²) in [6, 6.07) is 7.31. The molecule has 0 atom stereocenters. The number of hydrogen-bond donors (Lipinski definition) is 3. The van der Waals surface area contributed by atoms with Gasteiger partial charge in [-0.2, -0.15) is 0 Å². The van der Waals surface area contributed by atoms with Crippen LogP contribution in [0.15, 0.2) is 41.7 Å². The Morgan fingerprint density at radius 1 is 1.22 bits per heavy atom. The zero-order valence-corrected chi connectivity index (χ0v) is 18.6. The van der Waals surface area contributed by atoms with E-state index < -0.39 is 11.8 Å². The van der Waals surface area contributed by atoms with Gasteiger partial charge in [-0.1, -0.05) is 34.8 Å². The monoisotopic (exact) mass is 496 g/mol. The summed E-state index contributed by atoms with van der Waals surface area (Å²) in [7, 11) is 1.39. The molecule has 166 valence electrons.